The van der Waals surface area contributed by atoms with Crippen LogP contribution in [0.2, 0.25) is 0 Å². The van der Waals surface area contributed by atoms with Crippen molar-refractivity contribution in [3.63, 3.8) is 0 Å². The van der Waals surface area contributed by atoms with E-state index in [1.165, 1.54) is 0 Å². The summed E-state index contributed by atoms with van der Waals surface area (Å²) in [6.07, 6.45) is 1.18. The summed E-state index contributed by atoms with van der Waals surface area (Å²) in [5.74, 6) is 0. The maximum atomic E-state index is 3.76. The molecule has 1 aliphatic rings. The SMILES string of the molecule is CCC1N=NNN1. The Hall–Kier alpha value is -0.640. The van der Waals surface area contributed by atoms with E-state index < -0.39 is 0 Å². The fraction of sp³-hybridized carbons (Fsp3) is 1.00. The van der Waals surface area contributed by atoms with E-state index >= 15 is 0 Å². The van der Waals surface area contributed by atoms with Crippen LogP contribution in [0.1, 0.15) is 13.3 Å². The first-order chi connectivity index (χ1) is 3.43. The molecular formula is C3H8N4. The standard InChI is InChI=1S/C3H8N4/c1-2-3-4-6-7-5-3/h3H,2H2,1H3,(H,4,7)(H,5,6). The van der Waals surface area contributed by atoms with Gasteiger partial charge in [-0.1, -0.05) is 12.1 Å². The second kappa shape index (κ2) is 1.88. The summed E-state index contributed by atoms with van der Waals surface area (Å²) in [4.78, 5) is 0. The Bertz CT molecular complexity index is 79.0. The highest BCUT2D eigenvalue weighted by Crippen LogP contribution is 1.94. The van der Waals surface area contributed by atoms with Gasteiger partial charge in [0.15, 0.2) is 0 Å². The lowest BCUT2D eigenvalue weighted by atomic mass is 10.4. The van der Waals surface area contributed by atoms with Crippen LogP contribution in [0.25, 0.3) is 0 Å². The summed E-state index contributed by atoms with van der Waals surface area (Å²) in [5.41, 5.74) is 5.35. The molecule has 0 aliphatic carbocycles. The predicted molar refractivity (Wildman–Crippen MR) is 25.2 cm³/mol. The number of nitrogens with zero attached hydrogens (tertiary/aromatic N) is 2. The van der Waals surface area contributed by atoms with Crippen LogP contribution >= 0.6 is 0 Å². The van der Waals surface area contributed by atoms with Gasteiger partial charge < -0.3 is 0 Å². The number of nitrogens with one attached hydrogen (secondary N) is 2. The van der Waals surface area contributed by atoms with Crippen molar-refractivity contribution in [1.82, 2.24) is 11.0 Å². The minimum atomic E-state index is 0.194. The Morgan fingerprint density at radius 1 is 1.71 bits per heavy atom. The van der Waals surface area contributed by atoms with Gasteiger partial charge in [0, 0.05) is 0 Å². The summed E-state index contributed by atoms with van der Waals surface area (Å²) in [6, 6.07) is 0. The monoisotopic (exact) mass is 100 g/mol. The molecule has 1 aliphatic heterocycles. The average molecular weight is 100 g/mol. The fourth-order valence-corrected chi connectivity index (χ4v) is 0.415. The van der Waals surface area contributed by atoms with Crippen LogP contribution in [0.5, 0.6) is 0 Å². The average Bonchev–Trinajstić information content (AvgIpc) is 2.14. The van der Waals surface area contributed by atoms with Gasteiger partial charge in [-0.3, -0.25) is 0 Å². The third kappa shape index (κ3) is 0.866. The number of hydrogen-bond donors (Lipinski definition) is 2. The summed E-state index contributed by atoms with van der Waals surface area (Å²) in [5, 5.41) is 7.26. The molecule has 0 radical (unpaired) electrons. The van der Waals surface area contributed by atoms with Gasteiger partial charge in [-0.05, 0) is 6.42 Å². The zero-order valence-corrected chi connectivity index (χ0v) is 4.18. The molecule has 1 atom stereocenters. The van der Waals surface area contributed by atoms with E-state index in [4.69, 9.17) is 0 Å². The maximum Gasteiger partial charge on any atom is 0.140 e. The van der Waals surface area contributed by atoms with E-state index in [1.807, 2.05) is 6.92 Å². The highest BCUT2D eigenvalue weighted by molar-refractivity contribution is 4.56. The summed E-state index contributed by atoms with van der Waals surface area (Å²) in [7, 11) is 0. The molecule has 40 valence electrons. The smallest absolute Gasteiger partial charge is 0.140 e. The van der Waals surface area contributed by atoms with E-state index in [-0.39, 0.29) is 6.17 Å². The normalized spacial score (nSPS) is 27.9. The van der Waals surface area contributed by atoms with E-state index in [1.54, 1.807) is 0 Å². The first-order valence-corrected chi connectivity index (χ1v) is 2.34. The second-order valence-corrected chi connectivity index (χ2v) is 1.40. The van der Waals surface area contributed by atoms with Crippen molar-refractivity contribution >= 4 is 0 Å². The zero-order chi connectivity index (χ0) is 5.11. The van der Waals surface area contributed by atoms with Crippen molar-refractivity contribution in [1.29, 1.82) is 0 Å². The molecule has 0 aromatic rings. The molecule has 0 bridgehead atoms. The van der Waals surface area contributed by atoms with Crippen LogP contribution < -0.4 is 11.0 Å². The fourth-order valence-electron chi connectivity index (χ4n) is 0.415. The van der Waals surface area contributed by atoms with Gasteiger partial charge >= 0.3 is 0 Å². The predicted octanol–water partition coefficient (Wildman–Crippen LogP) is 0.198. The second-order valence-electron chi connectivity index (χ2n) is 1.40. The molecule has 0 spiro atoms. The van der Waals surface area contributed by atoms with Gasteiger partial charge in [-0.15, -0.1) is 5.11 Å². The highest BCUT2D eigenvalue weighted by Gasteiger charge is 2.04. The minimum Gasteiger partial charge on any atom is -0.222 e. The molecular weight excluding hydrogens is 92.1 g/mol. The molecule has 1 unspecified atom stereocenters. The molecule has 4 nitrogen and oxygen atoms in total. The van der Waals surface area contributed by atoms with Crippen molar-refractivity contribution in [2.45, 2.75) is 19.5 Å². The van der Waals surface area contributed by atoms with Crippen molar-refractivity contribution in [2.24, 2.45) is 10.3 Å². The number of hydrazine groups is 1. The topological polar surface area (TPSA) is 48.8 Å². The van der Waals surface area contributed by atoms with Crippen molar-refractivity contribution < 1.29 is 0 Å². The van der Waals surface area contributed by atoms with E-state index in [0.717, 1.165) is 6.42 Å². The first kappa shape index (κ1) is 4.52. The van der Waals surface area contributed by atoms with Gasteiger partial charge in [0.2, 0.25) is 0 Å². The van der Waals surface area contributed by atoms with E-state index in [9.17, 15) is 0 Å². The van der Waals surface area contributed by atoms with Crippen LogP contribution in [0.15, 0.2) is 10.3 Å². The summed E-state index contributed by atoms with van der Waals surface area (Å²) in [6.45, 7) is 2.05. The third-order valence-corrected chi connectivity index (χ3v) is 0.865. The largest absolute Gasteiger partial charge is 0.222 e. The quantitative estimate of drug-likeness (QED) is 0.494. The summed E-state index contributed by atoms with van der Waals surface area (Å²) >= 11 is 0. The molecule has 0 aromatic carbocycles. The Labute approximate surface area is 42.0 Å². The molecule has 4 heteroatoms. The van der Waals surface area contributed by atoms with Gasteiger partial charge in [0.1, 0.15) is 6.17 Å². The molecule has 1 rings (SSSR count). The lowest BCUT2D eigenvalue weighted by Gasteiger charge is -1.96. The molecule has 1 heterocycles. The Morgan fingerprint density at radius 2 is 2.57 bits per heavy atom. The Morgan fingerprint density at radius 3 is 2.86 bits per heavy atom. The molecule has 0 aromatic heterocycles. The zero-order valence-electron chi connectivity index (χ0n) is 4.18. The lowest BCUT2D eigenvalue weighted by Crippen LogP contribution is -2.29. The van der Waals surface area contributed by atoms with Crippen molar-refractivity contribution in [3.05, 3.63) is 0 Å². The van der Waals surface area contributed by atoms with Crippen LogP contribution in [0.4, 0.5) is 0 Å². The van der Waals surface area contributed by atoms with Gasteiger partial charge in [-0.25, -0.2) is 5.53 Å². The first-order valence-electron chi connectivity index (χ1n) is 2.34. The van der Waals surface area contributed by atoms with Gasteiger partial charge in [0.05, 0.1) is 0 Å². The van der Waals surface area contributed by atoms with Crippen LogP contribution in [0.3, 0.4) is 0 Å². The molecule has 0 saturated carbocycles. The minimum absolute atomic E-state index is 0.194. The highest BCUT2D eigenvalue weighted by atomic mass is 15.7. The Balaban J connectivity index is 2.28. The molecule has 7 heavy (non-hydrogen) atoms. The molecule has 0 amide bonds. The lowest BCUT2D eigenvalue weighted by molar-refractivity contribution is 0.520. The van der Waals surface area contributed by atoms with Crippen LogP contribution in [0, 0.1) is 0 Å². The molecule has 0 saturated heterocycles. The number of rotatable bonds is 1. The summed E-state index contributed by atoms with van der Waals surface area (Å²) < 4.78 is 0. The van der Waals surface area contributed by atoms with Crippen molar-refractivity contribution in [2.75, 3.05) is 0 Å². The van der Waals surface area contributed by atoms with Crippen LogP contribution in [-0.4, -0.2) is 6.17 Å². The van der Waals surface area contributed by atoms with E-state index in [2.05, 4.69) is 21.3 Å². The Kier molecular flexibility index (Phi) is 1.21. The van der Waals surface area contributed by atoms with E-state index in [0.29, 0.717) is 0 Å². The molecule has 0 fully saturated rings. The van der Waals surface area contributed by atoms with Crippen molar-refractivity contribution in [3.8, 4) is 0 Å². The maximum absolute atomic E-state index is 3.76. The molecule has 2 N–H and O–H groups in total. The van der Waals surface area contributed by atoms with Crippen LogP contribution in [-0.2, 0) is 0 Å². The van der Waals surface area contributed by atoms with Gasteiger partial charge in [0.25, 0.3) is 0 Å². The number of hydrogen-bond acceptors (Lipinski definition) is 4. The third-order valence-electron chi connectivity index (χ3n) is 0.865. The van der Waals surface area contributed by atoms with Gasteiger partial charge in [-0.2, -0.15) is 5.43 Å².